The summed E-state index contributed by atoms with van der Waals surface area (Å²) in [5.74, 6) is 2.01. The Balaban J connectivity index is 1.79. The van der Waals surface area contributed by atoms with E-state index in [1.165, 1.54) is 0 Å². The molecule has 27 heavy (non-hydrogen) atoms. The SMILES string of the molecule is COc1ccc(CC(=O)NC(CC(C)C)c2nc3cccnc3n2C)cc1. The summed E-state index contributed by atoms with van der Waals surface area (Å²) >= 11 is 0. The summed E-state index contributed by atoms with van der Waals surface area (Å²) in [4.78, 5) is 21.8. The van der Waals surface area contributed by atoms with Crippen LogP contribution >= 0.6 is 0 Å². The van der Waals surface area contributed by atoms with E-state index in [1.54, 1.807) is 13.3 Å². The van der Waals surface area contributed by atoms with Gasteiger partial charge in [0.1, 0.15) is 17.1 Å². The number of carbonyl (C=O) groups excluding carboxylic acids is 1. The molecule has 2 heterocycles. The second-order valence-electron chi connectivity index (χ2n) is 7.15. The van der Waals surface area contributed by atoms with E-state index in [4.69, 9.17) is 9.72 Å². The molecule has 6 nitrogen and oxygen atoms in total. The lowest BCUT2D eigenvalue weighted by Gasteiger charge is -2.20. The number of fused-ring (bicyclic) bond motifs is 1. The number of nitrogens with zero attached hydrogens (tertiary/aromatic N) is 3. The van der Waals surface area contributed by atoms with Crippen molar-refractivity contribution in [2.24, 2.45) is 13.0 Å². The third kappa shape index (κ3) is 4.45. The smallest absolute Gasteiger partial charge is 0.225 e. The molecule has 0 spiro atoms. The van der Waals surface area contributed by atoms with Gasteiger partial charge < -0.3 is 14.6 Å². The van der Waals surface area contributed by atoms with Crippen LogP contribution in [0.2, 0.25) is 0 Å². The first-order valence-electron chi connectivity index (χ1n) is 9.17. The van der Waals surface area contributed by atoms with E-state index >= 15 is 0 Å². The highest BCUT2D eigenvalue weighted by atomic mass is 16.5. The highest BCUT2D eigenvalue weighted by Crippen LogP contribution is 2.24. The van der Waals surface area contributed by atoms with E-state index < -0.39 is 0 Å². The van der Waals surface area contributed by atoms with Crippen molar-refractivity contribution in [2.45, 2.75) is 32.7 Å². The molecular formula is C21H26N4O2. The van der Waals surface area contributed by atoms with Crippen LogP contribution in [0.25, 0.3) is 11.2 Å². The first-order chi connectivity index (χ1) is 13.0. The van der Waals surface area contributed by atoms with Crippen molar-refractivity contribution in [1.29, 1.82) is 0 Å². The fraction of sp³-hybridized carbons (Fsp3) is 0.381. The lowest BCUT2D eigenvalue weighted by atomic mass is 10.0. The van der Waals surface area contributed by atoms with Gasteiger partial charge in [0.25, 0.3) is 0 Å². The monoisotopic (exact) mass is 366 g/mol. The van der Waals surface area contributed by atoms with Crippen LogP contribution in [0.4, 0.5) is 0 Å². The number of carbonyl (C=O) groups is 1. The largest absolute Gasteiger partial charge is 0.497 e. The highest BCUT2D eigenvalue weighted by Gasteiger charge is 2.22. The van der Waals surface area contributed by atoms with Crippen molar-refractivity contribution in [1.82, 2.24) is 19.9 Å². The molecule has 0 bridgehead atoms. The van der Waals surface area contributed by atoms with Gasteiger partial charge in [-0.05, 0) is 42.2 Å². The Bertz CT molecular complexity index is 916. The Labute approximate surface area is 159 Å². The minimum absolute atomic E-state index is 0.0224. The topological polar surface area (TPSA) is 69.0 Å². The van der Waals surface area contributed by atoms with Crippen LogP contribution < -0.4 is 10.1 Å². The number of ether oxygens (including phenoxy) is 1. The molecule has 0 aliphatic carbocycles. The molecule has 1 N–H and O–H groups in total. The zero-order valence-corrected chi connectivity index (χ0v) is 16.3. The Kier molecular flexibility index (Phi) is 5.74. The number of methoxy groups -OCH3 is 1. The quantitative estimate of drug-likeness (QED) is 0.696. The summed E-state index contributed by atoms with van der Waals surface area (Å²) in [6, 6.07) is 11.2. The molecule has 0 aliphatic rings. The van der Waals surface area contributed by atoms with Gasteiger partial charge in [0.05, 0.1) is 19.6 Å². The lowest BCUT2D eigenvalue weighted by Crippen LogP contribution is -2.32. The van der Waals surface area contributed by atoms with Gasteiger partial charge in [0.15, 0.2) is 5.65 Å². The van der Waals surface area contributed by atoms with E-state index in [0.29, 0.717) is 12.3 Å². The van der Waals surface area contributed by atoms with E-state index in [9.17, 15) is 4.79 Å². The fourth-order valence-electron chi connectivity index (χ4n) is 3.23. The van der Waals surface area contributed by atoms with Crippen LogP contribution in [0.15, 0.2) is 42.6 Å². The third-order valence-electron chi connectivity index (χ3n) is 4.54. The molecular weight excluding hydrogens is 340 g/mol. The number of aromatic nitrogens is 3. The number of amides is 1. The zero-order chi connectivity index (χ0) is 19.4. The average molecular weight is 366 g/mol. The number of pyridine rings is 1. The maximum atomic E-state index is 12.7. The summed E-state index contributed by atoms with van der Waals surface area (Å²) in [5.41, 5.74) is 2.61. The standard InChI is InChI=1S/C21H26N4O2/c1-14(2)12-18(21-24-17-6-5-11-22-20(17)25(21)3)23-19(26)13-15-7-9-16(27-4)10-8-15/h5-11,14,18H,12-13H2,1-4H3,(H,23,26). The number of benzene rings is 1. The first-order valence-corrected chi connectivity index (χ1v) is 9.17. The first kappa shape index (κ1) is 18.9. The average Bonchev–Trinajstić information content (AvgIpc) is 2.98. The van der Waals surface area contributed by atoms with Crippen LogP contribution in [0.1, 0.15) is 37.7 Å². The van der Waals surface area contributed by atoms with Crippen LogP contribution in [-0.4, -0.2) is 27.6 Å². The fourth-order valence-corrected chi connectivity index (χ4v) is 3.23. The number of nitrogens with one attached hydrogen (secondary N) is 1. The lowest BCUT2D eigenvalue weighted by molar-refractivity contribution is -0.121. The molecule has 0 saturated carbocycles. The van der Waals surface area contributed by atoms with Crippen LogP contribution in [-0.2, 0) is 18.3 Å². The van der Waals surface area contributed by atoms with Gasteiger partial charge in [-0.2, -0.15) is 0 Å². The summed E-state index contributed by atoms with van der Waals surface area (Å²) in [6.45, 7) is 4.28. The molecule has 3 rings (SSSR count). The van der Waals surface area contributed by atoms with Gasteiger partial charge in [-0.3, -0.25) is 4.79 Å². The normalized spacial score (nSPS) is 12.3. The molecule has 1 aromatic carbocycles. The van der Waals surface area contributed by atoms with E-state index in [1.807, 2.05) is 48.0 Å². The predicted molar refractivity (Wildman–Crippen MR) is 106 cm³/mol. The molecule has 1 amide bonds. The van der Waals surface area contributed by atoms with Crippen LogP contribution in [0.3, 0.4) is 0 Å². The molecule has 142 valence electrons. The van der Waals surface area contributed by atoms with Gasteiger partial charge in [0.2, 0.25) is 5.91 Å². The molecule has 6 heteroatoms. The summed E-state index contributed by atoms with van der Waals surface area (Å²) in [6.07, 6.45) is 2.89. The predicted octanol–water partition coefficient (Wildman–Crippen LogP) is 3.42. The van der Waals surface area contributed by atoms with Crippen molar-refractivity contribution in [3.8, 4) is 5.75 Å². The maximum Gasteiger partial charge on any atom is 0.225 e. The molecule has 1 atom stereocenters. The number of rotatable bonds is 7. The van der Waals surface area contributed by atoms with Gasteiger partial charge in [-0.15, -0.1) is 0 Å². The summed E-state index contributed by atoms with van der Waals surface area (Å²) in [5, 5.41) is 3.16. The van der Waals surface area contributed by atoms with Crippen LogP contribution in [0, 0.1) is 5.92 Å². The van der Waals surface area contributed by atoms with Crippen LogP contribution in [0.5, 0.6) is 5.75 Å². The van der Waals surface area contributed by atoms with Gasteiger partial charge >= 0.3 is 0 Å². The third-order valence-corrected chi connectivity index (χ3v) is 4.54. The van der Waals surface area contributed by atoms with E-state index in [0.717, 1.165) is 34.7 Å². The molecule has 0 saturated heterocycles. The molecule has 2 aromatic heterocycles. The second-order valence-corrected chi connectivity index (χ2v) is 7.15. The van der Waals surface area contributed by atoms with Gasteiger partial charge in [-0.1, -0.05) is 26.0 Å². The summed E-state index contributed by atoms with van der Waals surface area (Å²) < 4.78 is 7.13. The maximum absolute atomic E-state index is 12.7. The molecule has 0 aliphatic heterocycles. The number of aryl methyl sites for hydroxylation is 1. The van der Waals surface area contributed by atoms with Crippen molar-refractivity contribution >= 4 is 17.1 Å². The number of hydrogen-bond acceptors (Lipinski definition) is 4. The number of hydrogen-bond donors (Lipinski definition) is 1. The minimum atomic E-state index is -0.157. The molecule has 3 aromatic rings. The number of imidazole rings is 1. The summed E-state index contributed by atoms with van der Waals surface area (Å²) in [7, 11) is 3.57. The zero-order valence-electron chi connectivity index (χ0n) is 16.3. The van der Waals surface area contributed by atoms with Crippen molar-refractivity contribution in [3.63, 3.8) is 0 Å². The second kappa shape index (κ2) is 8.20. The van der Waals surface area contributed by atoms with E-state index in [2.05, 4.69) is 24.1 Å². The van der Waals surface area contributed by atoms with Crippen molar-refractivity contribution in [3.05, 3.63) is 54.0 Å². The van der Waals surface area contributed by atoms with E-state index in [-0.39, 0.29) is 11.9 Å². The Hall–Kier alpha value is -2.89. The van der Waals surface area contributed by atoms with Gasteiger partial charge in [-0.25, -0.2) is 9.97 Å². The Morgan fingerprint density at radius 2 is 1.96 bits per heavy atom. The Morgan fingerprint density at radius 3 is 2.59 bits per heavy atom. The molecule has 0 fully saturated rings. The van der Waals surface area contributed by atoms with Gasteiger partial charge in [0, 0.05) is 13.2 Å². The minimum Gasteiger partial charge on any atom is -0.497 e. The highest BCUT2D eigenvalue weighted by molar-refractivity contribution is 5.79. The Morgan fingerprint density at radius 1 is 1.22 bits per heavy atom. The van der Waals surface area contributed by atoms with Crippen molar-refractivity contribution in [2.75, 3.05) is 7.11 Å². The molecule has 1 unspecified atom stereocenters. The molecule has 0 radical (unpaired) electrons. The van der Waals surface area contributed by atoms with Crippen molar-refractivity contribution < 1.29 is 9.53 Å².